The number of hydrogen-bond acceptors (Lipinski definition) is 2. The van der Waals surface area contributed by atoms with Crippen LogP contribution in [0.4, 0.5) is 0 Å². The van der Waals surface area contributed by atoms with Gasteiger partial charge in [-0.2, -0.15) is 0 Å². The molecule has 0 spiro atoms. The van der Waals surface area contributed by atoms with Crippen LogP contribution in [0.2, 0.25) is 0 Å². The Labute approximate surface area is 129 Å². The van der Waals surface area contributed by atoms with Crippen LogP contribution in [-0.2, 0) is 6.42 Å². The lowest BCUT2D eigenvalue weighted by molar-refractivity contribution is 0.336. The molecule has 0 aliphatic carbocycles. The van der Waals surface area contributed by atoms with Crippen molar-refractivity contribution in [2.45, 2.75) is 46.6 Å². The molecule has 0 aromatic heterocycles. The first-order valence-electron chi connectivity index (χ1n) is 7.73. The predicted molar refractivity (Wildman–Crippen MR) is 90.2 cm³/mol. The van der Waals surface area contributed by atoms with Gasteiger partial charge in [0.05, 0.1) is 6.61 Å². The Morgan fingerprint density at radius 2 is 1.90 bits per heavy atom. The minimum absolute atomic E-state index is 0.00420. The molecule has 0 saturated carbocycles. The molecule has 0 unspecified atom stereocenters. The highest BCUT2D eigenvalue weighted by Crippen LogP contribution is 2.18. The number of benzene rings is 1. The molecule has 21 heavy (non-hydrogen) atoms. The predicted octanol–water partition coefficient (Wildman–Crippen LogP) is 2.98. The van der Waals surface area contributed by atoms with E-state index < -0.39 is 0 Å². The fraction of sp³-hybridized carbons (Fsp3) is 0.588. The SMILES string of the molecule is CCNC(=NCCc1ccccc1OCC)NC(C)(C)C. The Bertz CT molecular complexity index is 450. The Morgan fingerprint density at radius 1 is 1.19 bits per heavy atom. The number of rotatable bonds is 6. The zero-order chi connectivity index (χ0) is 15.7. The Balaban J connectivity index is 2.65. The number of guanidine groups is 1. The average molecular weight is 291 g/mol. The molecular weight excluding hydrogens is 262 g/mol. The van der Waals surface area contributed by atoms with Crippen LogP contribution in [0.5, 0.6) is 5.75 Å². The molecule has 0 fully saturated rings. The van der Waals surface area contributed by atoms with Crippen LogP contribution >= 0.6 is 0 Å². The summed E-state index contributed by atoms with van der Waals surface area (Å²) in [4.78, 5) is 4.63. The average Bonchev–Trinajstić information content (AvgIpc) is 2.39. The number of nitrogens with zero attached hydrogens (tertiary/aromatic N) is 1. The summed E-state index contributed by atoms with van der Waals surface area (Å²) < 4.78 is 5.64. The van der Waals surface area contributed by atoms with Crippen molar-refractivity contribution >= 4 is 5.96 Å². The maximum Gasteiger partial charge on any atom is 0.191 e. The number of hydrogen-bond donors (Lipinski definition) is 2. The standard InChI is InChI=1S/C17H29N3O/c1-6-18-16(20-17(3,4)5)19-13-12-14-10-8-9-11-15(14)21-7-2/h8-11H,6-7,12-13H2,1-5H3,(H2,18,19,20). The molecule has 1 rings (SSSR count). The minimum Gasteiger partial charge on any atom is -0.494 e. The summed E-state index contributed by atoms with van der Waals surface area (Å²) in [6, 6.07) is 8.16. The molecule has 1 aromatic rings. The largest absolute Gasteiger partial charge is 0.494 e. The molecule has 0 aliphatic heterocycles. The van der Waals surface area contributed by atoms with Gasteiger partial charge in [-0.05, 0) is 52.7 Å². The van der Waals surface area contributed by atoms with Gasteiger partial charge in [0, 0.05) is 18.6 Å². The van der Waals surface area contributed by atoms with Crippen molar-refractivity contribution in [3.05, 3.63) is 29.8 Å². The second kappa shape index (κ2) is 8.55. The van der Waals surface area contributed by atoms with E-state index in [4.69, 9.17) is 4.74 Å². The van der Waals surface area contributed by atoms with Crippen molar-refractivity contribution in [2.75, 3.05) is 19.7 Å². The molecule has 4 nitrogen and oxygen atoms in total. The fourth-order valence-corrected chi connectivity index (χ4v) is 1.96. The summed E-state index contributed by atoms with van der Waals surface area (Å²) >= 11 is 0. The summed E-state index contributed by atoms with van der Waals surface area (Å²) in [6.45, 7) is 12.7. The maximum atomic E-state index is 5.64. The number of ether oxygens (including phenoxy) is 1. The lowest BCUT2D eigenvalue weighted by Crippen LogP contribution is -2.47. The van der Waals surface area contributed by atoms with E-state index in [1.807, 2.05) is 25.1 Å². The fourth-order valence-electron chi connectivity index (χ4n) is 1.96. The van der Waals surface area contributed by atoms with E-state index in [-0.39, 0.29) is 5.54 Å². The van der Waals surface area contributed by atoms with Crippen molar-refractivity contribution < 1.29 is 4.74 Å². The van der Waals surface area contributed by atoms with Gasteiger partial charge in [-0.25, -0.2) is 0 Å². The van der Waals surface area contributed by atoms with E-state index in [2.05, 4.69) is 49.4 Å². The lowest BCUT2D eigenvalue weighted by atomic mass is 10.1. The van der Waals surface area contributed by atoms with Crippen LogP contribution in [-0.4, -0.2) is 31.2 Å². The van der Waals surface area contributed by atoms with Gasteiger partial charge in [0.25, 0.3) is 0 Å². The topological polar surface area (TPSA) is 45.7 Å². The van der Waals surface area contributed by atoms with Crippen molar-refractivity contribution in [2.24, 2.45) is 4.99 Å². The van der Waals surface area contributed by atoms with Gasteiger partial charge in [0.1, 0.15) is 5.75 Å². The van der Waals surface area contributed by atoms with Gasteiger partial charge in [-0.15, -0.1) is 0 Å². The quantitative estimate of drug-likeness (QED) is 0.625. The summed E-state index contributed by atoms with van der Waals surface area (Å²) in [6.07, 6.45) is 0.872. The van der Waals surface area contributed by atoms with Crippen molar-refractivity contribution in [3.63, 3.8) is 0 Å². The highest BCUT2D eigenvalue weighted by molar-refractivity contribution is 5.80. The van der Waals surface area contributed by atoms with Crippen molar-refractivity contribution in [1.29, 1.82) is 0 Å². The van der Waals surface area contributed by atoms with Gasteiger partial charge in [0.2, 0.25) is 0 Å². The molecule has 0 bridgehead atoms. The van der Waals surface area contributed by atoms with Crippen LogP contribution in [0.1, 0.15) is 40.2 Å². The summed E-state index contributed by atoms with van der Waals surface area (Å²) in [5.41, 5.74) is 1.21. The molecule has 4 heteroatoms. The smallest absolute Gasteiger partial charge is 0.191 e. The van der Waals surface area contributed by atoms with Crippen LogP contribution in [0.15, 0.2) is 29.3 Å². The normalized spacial score (nSPS) is 12.1. The van der Waals surface area contributed by atoms with E-state index in [1.165, 1.54) is 5.56 Å². The van der Waals surface area contributed by atoms with Gasteiger partial charge in [-0.1, -0.05) is 18.2 Å². The van der Waals surface area contributed by atoms with Crippen LogP contribution in [0, 0.1) is 0 Å². The third-order valence-corrected chi connectivity index (χ3v) is 2.76. The lowest BCUT2D eigenvalue weighted by Gasteiger charge is -2.23. The van der Waals surface area contributed by atoms with E-state index in [1.54, 1.807) is 0 Å². The van der Waals surface area contributed by atoms with Gasteiger partial charge in [-0.3, -0.25) is 4.99 Å². The molecule has 0 saturated heterocycles. The first kappa shape index (κ1) is 17.3. The summed E-state index contributed by atoms with van der Waals surface area (Å²) in [7, 11) is 0. The minimum atomic E-state index is 0.00420. The number of nitrogens with one attached hydrogen (secondary N) is 2. The highest BCUT2D eigenvalue weighted by Gasteiger charge is 2.11. The Kier molecular flexibility index (Phi) is 7.06. The Hall–Kier alpha value is -1.71. The molecule has 0 aliphatic rings. The first-order chi connectivity index (χ1) is 9.96. The van der Waals surface area contributed by atoms with Crippen LogP contribution in [0.25, 0.3) is 0 Å². The molecule has 2 N–H and O–H groups in total. The molecule has 0 radical (unpaired) electrons. The van der Waals surface area contributed by atoms with Crippen LogP contribution < -0.4 is 15.4 Å². The number of aliphatic imine (C=N–C) groups is 1. The third kappa shape index (κ3) is 7.02. The van der Waals surface area contributed by atoms with Gasteiger partial charge >= 0.3 is 0 Å². The molecule has 118 valence electrons. The van der Waals surface area contributed by atoms with Crippen molar-refractivity contribution in [3.8, 4) is 5.75 Å². The molecule has 0 amide bonds. The van der Waals surface area contributed by atoms with Gasteiger partial charge in [0.15, 0.2) is 5.96 Å². The zero-order valence-corrected chi connectivity index (χ0v) is 14.0. The molecule has 1 aromatic carbocycles. The Morgan fingerprint density at radius 3 is 2.52 bits per heavy atom. The summed E-state index contributed by atoms with van der Waals surface area (Å²) in [5.74, 6) is 1.82. The summed E-state index contributed by atoms with van der Waals surface area (Å²) in [5, 5.41) is 6.66. The van der Waals surface area contributed by atoms with E-state index in [0.29, 0.717) is 6.61 Å². The second-order valence-corrected chi connectivity index (χ2v) is 5.93. The molecule has 0 heterocycles. The number of para-hydroxylation sites is 1. The molecule has 0 atom stereocenters. The zero-order valence-electron chi connectivity index (χ0n) is 14.0. The van der Waals surface area contributed by atoms with E-state index in [0.717, 1.165) is 31.2 Å². The second-order valence-electron chi connectivity index (χ2n) is 5.93. The van der Waals surface area contributed by atoms with Gasteiger partial charge < -0.3 is 15.4 Å². The van der Waals surface area contributed by atoms with Crippen LogP contribution in [0.3, 0.4) is 0 Å². The first-order valence-corrected chi connectivity index (χ1v) is 7.73. The van der Waals surface area contributed by atoms with E-state index >= 15 is 0 Å². The maximum absolute atomic E-state index is 5.64. The third-order valence-electron chi connectivity index (χ3n) is 2.76. The highest BCUT2D eigenvalue weighted by atomic mass is 16.5. The monoisotopic (exact) mass is 291 g/mol. The van der Waals surface area contributed by atoms with Crippen molar-refractivity contribution in [1.82, 2.24) is 10.6 Å². The van der Waals surface area contributed by atoms with E-state index in [9.17, 15) is 0 Å². The molecular formula is C17H29N3O.